The van der Waals surface area contributed by atoms with Crippen molar-refractivity contribution in [3.05, 3.63) is 29.8 Å². The number of amides is 1. The first kappa shape index (κ1) is 15.3. The maximum absolute atomic E-state index is 12.7. The van der Waals surface area contributed by atoms with Gasteiger partial charge in [0.15, 0.2) is 0 Å². The molecule has 2 heterocycles. The Morgan fingerprint density at radius 2 is 2.14 bits per heavy atom. The highest BCUT2D eigenvalue weighted by Crippen LogP contribution is 2.34. The van der Waals surface area contributed by atoms with Gasteiger partial charge in [-0.1, -0.05) is 12.1 Å². The predicted octanol–water partition coefficient (Wildman–Crippen LogP) is 2.75. The molecule has 1 aromatic carbocycles. The van der Waals surface area contributed by atoms with Crippen molar-refractivity contribution in [3.63, 3.8) is 0 Å². The maximum Gasteiger partial charge on any atom is 0.223 e. The van der Waals surface area contributed by atoms with Crippen LogP contribution in [0.1, 0.15) is 43.7 Å². The molecule has 1 atom stereocenters. The fourth-order valence-corrected chi connectivity index (χ4v) is 3.71. The van der Waals surface area contributed by atoms with Crippen molar-refractivity contribution >= 4 is 5.91 Å². The molecule has 0 bridgehead atoms. The zero-order valence-corrected chi connectivity index (χ0v) is 13.4. The van der Waals surface area contributed by atoms with Gasteiger partial charge in [0, 0.05) is 13.0 Å². The van der Waals surface area contributed by atoms with E-state index < -0.39 is 0 Å². The van der Waals surface area contributed by atoms with Crippen molar-refractivity contribution in [1.29, 1.82) is 0 Å². The van der Waals surface area contributed by atoms with Gasteiger partial charge >= 0.3 is 0 Å². The lowest BCUT2D eigenvalue weighted by Crippen LogP contribution is -2.35. The van der Waals surface area contributed by atoms with Crippen LogP contribution in [0.2, 0.25) is 0 Å². The van der Waals surface area contributed by atoms with Gasteiger partial charge in [-0.25, -0.2) is 0 Å². The van der Waals surface area contributed by atoms with E-state index in [2.05, 4.69) is 22.3 Å². The summed E-state index contributed by atoms with van der Waals surface area (Å²) in [5.41, 5.74) is 1.20. The third kappa shape index (κ3) is 3.43. The topological polar surface area (TPSA) is 41.6 Å². The highest BCUT2D eigenvalue weighted by atomic mass is 16.5. The van der Waals surface area contributed by atoms with Gasteiger partial charge in [0.1, 0.15) is 5.75 Å². The largest absolute Gasteiger partial charge is 0.497 e. The summed E-state index contributed by atoms with van der Waals surface area (Å²) >= 11 is 0. The Kier molecular flexibility index (Phi) is 4.98. The molecule has 0 aromatic heterocycles. The van der Waals surface area contributed by atoms with Gasteiger partial charge in [0.25, 0.3) is 0 Å². The molecule has 0 radical (unpaired) electrons. The number of hydrogen-bond donors (Lipinski definition) is 1. The van der Waals surface area contributed by atoms with Gasteiger partial charge in [-0.3, -0.25) is 4.79 Å². The average molecular weight is 302 g/mol. The first-order valence-electron chi connectivity index (χ1n) is 8.42. The maximum atomic E-state index is 12.7. The summed E-state index contributed by atoms with van der Waals surface area (Å²) in [4.78, 5) is 14.8. The standard InChI is InChI=1S/C18H26N2O2/c1-22-16-5-2-4-15(13-16)17-6-3-11-20(17)18(21)12-14-7-9-19-10-8-14/h2,4-5,13-14,17,19H,3,6-12H2,1H3. The SMILES string of the molecule is COc1cccc(C2CCCN2C(=O)CC2CCNCC2)c1. The normalized spacial score (nSPS) is 22.8. The molecule has 1 aromatic rings. The summed E-state index contributed by atoms with van der Waals surface area (Å²) in [5.74, 6) is 1.76. The van der Waals surface area contributed by atoms with Gasteiger partial charge in [-0.15, -0.1) is 0 Å². The van der Waals surface area contributed by atoms with Crippen LogP contribution < -0.4 is 10.1 Å². The Morgan fingerprint density at radius 1 is 1.32 bits per heavy atom. The number of benzene rings is 1. The molecule has 0 aliphatic carbocycles. The molecule has 4 heteroatoms. The zero-order chi connectivity index (χ0) is 15.4. The fraction of sp³-hybridized carbons (Fsp3) is 0.611. The number of methoxy groups -OCH3 is 1. The number of carbonyl (C=O) groups is 1. The lowest BCUT2D eigenvalue weighted by atomic mass is 9.93. The third-order valence-corrected chi connectivity index (χ3v) is 4.97. The summed E-state index contributed by atoms with van der Waals surface area (Å²) in [6, 6.07) is 8.38. The van der Waals surface area contributed by atoms with E-state index in [1.54, 1.807) is 7.11 Å². The van der Waals surface area contributed by atoms with Crippen LogP contribution in [0, 0.1) is 5.92 Å². The predicted molar refractivity (Wildman–Crippen MR) is 86.9 cm³/mol. The number of nitrogens with one attached hydrogen (secondary N) is 1. The molecule has 4 nitrogen and oxygen atoms in total. The van der Waals surface area contributed by atoms with Crippen LogP contribution >= 0.6 is 0 Å². The molecule has 1 unspecified atom stereocenters. The van der Waals surface area contributed by atoms with Crippen molar-refractivity contribution in [2.24, 2.45) is 5.92 Å². The number of rotatable bonds is 4. The molecule has 2 aliphatic heterocycles. The number of nitrogens with zero attached hydrogens (tertiary/aromatic N) is 1. The van der Waals surface area contributed by atoms with Crippen molar-refractivity contribution in [3.8, 4) is 5.75 Å². The van der Waals surface area contributed by atoms with Crippen LogP contribution in [-0.2, 0) is 4.79 Å². The first-order chi connectivity index (χ1) is 10.8. The summed E-state index contributed by atoms with van der Waals surface area (Å²) < 4.78 is 5.32. The van der Waals surface area contributed by atoms with E-state index in [1.807, 2.05) is 12.1 Å². The quantitative estimate of drug-likeness (QED) is 0.930. The molecule has 2 aliphatic rings. The van der Waals surface area contributed by atoms with Gasteiger partial charge < -0.3 is 15.0 Å². The van der Waals surface area contributed by atoms with Crippen LogP contribution in [0.3, 0.4) is 0 Å². The second kappa shape index (κ2) is 7.14. The Bertz CT molecular complexity index is 512. The Balaban J connectivity index is 1.67. The van der Waals surface area contributed by atoms with Gasteiger partial charge in [-0.05, 0) is 62.4 Å². The summed E-state index contributed by atoms with van der Waals surface area (Å²) in [6.07, 6.45) is 5.12. The number of carbonyl (C=O) groups excluding carboxylic acids is 1. The molecule has 120 valence electrons. The smallest absolute Gasteiger partial charge is 0.223 e. The second-order valence-electron chi connectivity index (χ2n) is 6.42. The number of likely N-dealkylation sites (tertiary alicyclic amines) is 1. The highest BCUT2D eigenvalue weighted by Gasteiger charge is 2.31. The fourth-order valence-electron chi connectivity index (χ4n) is 3.71. The summed E-state index contributed by atoms with van der Waals surface area (Å²) in [5, 5.41) is 3.37. The third-order valence-electron chi connectivity index (χ3n) is 4.97. The van der Waals surface area contributed by atoms with Crippen molar-refractivity contribution in [2.75, 3.05) is 26.7 Å². The van der Waals surface area contributed by atoms with Gasteiger partial charge in [-0.2, -0.15) is 0 Å². The van der Waals surface area contributed by atoms with Crippen LogP contribution in [0.5, 0.6) is 5.75 Å². The Labute approximate surface area is 132 Å². The first-order valence-corrected chi connectivity index (χ1v) is 8.42. The van der Waals surface area contributed by atoms with E-state index in [0.717, 1.165) is 51.1 Å². The molecule has 0 saturated carbocycles. The van der Waals surface area contributed by atoms with Gasteiger partial charge in [0.2, 0.25) is 5.91 Å². The van der Waals surface area contributed by atoms with Crippen molar-refractivity contribution in [1.82, 2.24) is 10.2 Å². The summed E-state index contributed by atoms with van der Waals surface area (Å²) in [7, 11) is 1.69. The van der Waals surface area contributed by atoms with E-state index >= 15 is 0 Å². The zero-order valence-electron chi connectivity index (χ0n) is 13.4. The van der Waals surface area contributed by atoms with E-state index in [4.69, 9.17) is 4.74 Å². The molecular formula is C18H26N2O2. The van der Waals surface area contributed by atoms with Crippen LogP contribution in [0.25, 0.3) is 0 Å². The van der Waals surface area contributed by atoms with Crippen LogP contribution in [-0.4, -0.2) is 37.6 Å². The Morgan fingerprint density at radius 3 is 2.91 bits per heavy atom. The molecule has 3 rings (SSSR count). The lowest BCUT2D eigenvalue weighted by molar-refractivity contribution is -0.133. The molecule has 0 spiro atoms. The highest BCUT2D eigenvalue weighted by molar-refractivity contribution is 5.77. The van der Waals surface area contributed by atoms with E-state index in [1.165, 1.54) is 5.56 Å². The van der Waals surface area contributed by atoms with Crippen molar-refractivity contribution in [2.45, 2.75) is 38.1 Å². The molecule has 1 amide bonds. The van der Waals surface area contributed by atoms with E-state index in [-0.39, 0.29) is 6.04 Å². The molecule has 2 saturated heterocycles. The molecule has 2 fully saturated rings. The van der Waals surface area contributed by atoms with Crippen molar-refractivity contribution < 1.29 is 9.53 Å². The second-order valence-corrected chi connectivity index (χ2v) is 6.42. The monoisotopic (exact) mass is 302 g/mol. The summed E-state index contributed by atoms with van der Waals surface area (Å²) in [6.45, 7) is 3.00. The number of hydrogen-bond acceptors (Lipinski definition) is 3. The number of piperidine rings is 1. The lowest BCUT2D eigenvalue weighted by Gasteiger charge is -2.29. The minimum atomic E-state index is 0.226. The Hall–Kier alpha value is -1.55. The minimum absolute atomic E-state index is 0.226. The molecule has 1 N–H and O–H groups in total. The van der Waals surface area contributed by atoms with Crippen LogP contribution in [0.15, 0.2) is 24.3 Å². The molecule has 22 heavy (non-hydrogen) atoms. The average Bonchev–Trinajstić information content (AvgIpc) is 3.05. The minimum Gasteiger partial charge on any atom is -0.497 e. The molecular weight excluding hydrogens is 276 g/mol. The van der Waals surface area contributed by atoms with Gasteiger partial charge in [0.05, 0.1) is 13.2 Å². The van der Waals surface area contributed by atoms with E-state index in [9.17, 15) is 4.79 Å². The van der Waals surface area contributed by atoms with E-state index in [0.29, 0.717) is 18.2 Å². The van der Waals surface area contributed by atoms with Crippen LogP contribution in [0.4, 0.5) is 0 Å². The number of ether oxygens (including phenoxy) is 1.